The molecule has 0 aliphatic carbocycles. The van der Waals surface area contributed by atoms with Crippen LogP contribution in [0, 0.1) is 25.2 Å². The minimum absolute atomic E-state index is 0.500. The first-order chi connectivity index (χ1) is 38.4. The Hall–Kier alpha value is -9.24. The van der Waals surface area contributed by atoms with Gasteiger partial charge in [0.2, 0.25) is 0 Å². The highest BCUT2D eigenvalue weighted by atomic mass is 16.5. The van der Waals surface area contributed by atoms with Crippen molar-refractivity contribution in [3.8, 4) is 34.1 Å². The molecule has 0 atom stereocenters. The van der Waals surface area contributed by atoms with E-state index >= 15 is 0 Å². The standard InChI is InChI=1S/C73H66N4O/c1-6-8-9-10-11-24-45-78-62-42-44-64-67(48-62)73(55-38-33-52(3)34-39-55)63-43-35-53(4)46-66(63)72(64)56-40-36-54(37-41-56)47-57(51-74)65-49-71(77(60-29-20-14-21-30-60)61-31-22-15-23-32-61)68(69(7-2)75-5)50-70(65)76(58-25-16-12-17-26-58)59-27-18-13-19-28-59/h7,12-23,25-44,46-50H,5-6,8-11,24,45H2,1-4H3/b57-47+,69-7-. The maximum absolute atomic E-state index is 11.6. The maximum Gasteiger partial charge on any atom is 0.119 e. The summed E-state index contributed by atoms with van der Waals surface area (Å²) < 4.78 is 6.53. The number of rotatable bonds is 20. The molecular weight excluding hydrogens is 949 g/mol. The van der Waals surface area contributed by atoms with Crippen LogP contribution in [-0.4, -0.2) is 13.3 Å². The van der Waals surface area contributed by atoms with Gasteiger partial charge in [0.15, 0.2) is 0 Å². The third-order valence-electron chi connectivity index (χ3n) is 14.6. The summed E-state index contributed by atoms with van der Waals surface area (Å²) in [5.41, 5.74) is 16.3. The summed E-state index contributed by atoms with van der Waals surface area (Å²) >= 11 is 0. The quantitative estimate of drug-likeness (QED) is 0.0251. The lowest BCUT2D eigenvalue weighted by atomic mass is 9.85. The van der Waals surface area contributed by atoms with Crippen LogP contribution in [0.4, 0.5) is 34.1 Å². The van der Waals surface area contributed by atoms with Gasteiger partial charge in [-0.25, -0.2) is 0 Å². The topological polar surface area (TPSA) is 51.9 Å². The fraction of sp³-hybridized carbons (Fsp3) is 0.151. The van der Waals surface area contributed by atoms with Gasteiger partial charge < -0.3 is 14.5 Å². The molecule has 10 aromatic carbocycles. The molecule has 0 saturated carbocycles. The van der Waals surface area contributed by atoms with Gasteiger partial charge in [0, 0.05) is 33.9 Å². The number of hydrogen-bond donors (Lipinski definition) is 0. The third-order valence-corrected chi connectivity index (χ3v) is 14.6. The monoisotopic (exact) mass is 1010 g/mol. The molecule has 0 aliphatic rings. The van der Waals surface area contributed by atoms with E-state index in [4.69, 9.17) is 4.74 Å². The summed E-state index contributed by atoms with van der Waals surface area (Å²) in [6.07, 6.45) is 11.3. The molecule has 0 fully saturated rings. The SMILES string of the molecule is C=N/C(=C\C)c1cc(N(c2ccccc2)c2ccccc2)c(/C(C#N)=C/c2ccc(-c3c4ccc(OCCCCCCCC)cc4c(-c4ccc(C)cc4)c4ccc(C)cc34)cc2)cc1N(c1ccccc1)c1ccccc1. The first kappa shape index (κ1) is 52.2. The Balaban J connectivity index is 1.15. The lowest BCUT2D eigenvalue weighted by Gasteiger charge is -2.32. The van der Waals surface area contributed by atoms with Crippen molar-refractivity contribution in [2.75, 3.05) is 16.4 Å². The number of allylic oxidation sites excluding steroid dienone is 2. The van der Waals surface area contributed by atoms with Gasteiger partial charge in [0.05, 0.1) is 35.3 Å². The fourth-order valence-electron chi connectivity index (χ4n) is 10.8. The number of nitrogens with zero attached hydrogens (tertiary/aromatic N) is 4. The van der Waals surface area contributed by atoms with Gasteiger partial charge >= 0.3 is 0 Å². The maximum atomic E-state index is 11.6. The zero-order chi connectivity index (χ0) is 53.8. The van der Waals surface area contributed by atoms with Gasteiger partial charge in [-0.1, -0.05) is 202 Å². The number of benzene rings is 10. The van der Waals surface area contributed by atoms with E-state index < -0.39 is 0 Å². The van der Waals surface area contributed by atoms with Crippen LogP contribution in [0.3, 0.4) is 0 Å². The molecule has 0 radical (unpaired) electrons. The molecular formula is C73H66N4O. The highest BCUT2D eigenvalue weighted by molar-refractivity contribution is 6.22. The van der Waals surface area contributed by atoms with Crippen molar-refractivity contribution in [3.05, 3.63) is 252 Å². The van der Waals surface area contributed by atoms with Gasteiger partial charge in [-0.15, -0.1) is 0 Å². The fourth-order valence-corrected chi connectivity index (χ4v) is 10.8. The number of fused-ring (bicyclic) bond motifs is 2. The summed E-state index contributed by atoms with van der Waals surface area (Å²) in [4.78, 5) is 9.09. The van der Waals surface area contributed by atoms with Gasteiger partial charge in [0.25, 0.3) is 0 Å². The van der Waals surface area contributed by atoms with Crippen LogP contribution in [0.1, 0.15) is 80.2 Å². The number of unbranched alkanes of at least 4 members (excludes halogenated alkanes) is 5. The zero-order valence-corrected chi connectivity index (χ0v) is 45.3. The molecule has 0 N–H and O–H groups in total. The van der Waals surface area contributed by atoms with Crippen LogP contribution < -0.4 is 14.5 Å². The molecule has 0 spiro atoms. The molecule has 384 valence electrons. The molecule has 0 amide bonds. The lowest BCUT2D eigenvalue weighted by Crippen LogP contribution is -2.16. The van der Waals surface area contributed by atoms with E-state index in [1.807, 2.05) is 91.9 Å². The number of hydrogen-bond acceptors (Lipinski definition) is 5. The van der Waals surface area contributed by atoms with Crippen molar-refractivity contribution in [1.82, 2.24) is 0 Å². The van der Waals surface area contributed by atoms with Crippen molar-refractivity contribution in [2.45, 2.75) is 66.2 Å². The van der Waals surface area contributed by atoms with E-state index in [2.05, 4.69) is 194 Å². The highest BCUT2D eigenvalue weighted by Crippen LogP contribution is 2.49. The zero-order valence-electron chi connectivity index (χ0n) is 45.3. The van der Waals surface area contributed by atoms with Crippen molar-refractivity contribution in [2.24, 2.45) is 4.99 Å². The molecule has 10 aromatic rings. The summed E-state index contributed by atoms with van der Waals surface area (Å²) in [5, 5.41) is 16.3. The number of para-hydroxylation sites is 4. The van der Waals surface area contributed by atoms with Crippen LogP contribution >= 0.6 is 0 Å². The first-order valence-corrected chi connectivity index (χ1v) is 27.4. The Morgan fingerprint density at radius 1 is 0.513 bits per heavy atom. The summed E-state index contributed by atoms with van der Waals surface area (Å²) in [7, 11) is 0. The van der Waals surface area contributed by atoms with E-state index in [-0.39, 0.29) is 0 Å². The Morgan fingerprint density at radius 2 is 0.974 bits per heavy atom. The Labute approximate surface area is 461 Å². The highest BCUT2D eigenvalue weighted by Gasteiger charge is 2.26. The van der Waals surface area contributed by atoms with Gasteiger partial charge in [0.1, 0.15) is 5.75 Å². The average Bonchev–Trinajstić information content (AvgIpc) is 3.58. The molecule has 0 aliphatic heterocycles. The minimum Gasteiger partial charge on any atom is -0.494 e. The number of aryl methyl sites for hydroxylation is 2. The smallest absolute Gasteiger partial charge is 0.119 e. The van der Waals surface area contributed by atoms with Crippen LogP contribution in [0.2, 0.25) is 0 Å². The van der Waals surface area contributed by atoms with Crippen molar-refractivity contribution < 1.29 is 4.74 Å². The van der Waals surface area contributed by atoms with E-state index in [1.165, 1.54) is 70.7 Å². The number of nitriles is 1. The second-order valence-electron chi connectivity index (χ2n) is 20.0. The van der Waals surface area contributed by atoms with Crippen molar-refractivity contribution >= 4 is 79.7 Å². The summed E-state index contributed by atoms with van der Waals surface area (Å²) in [6.45, 7) is 13.3. The van der Waals surface area contributed by atoms with Gasteiger partial charge in [-0.2, -0.15) is 5.26 Å². The van der Waals surface area contributed by atoms with Crippen molar-refractivity contribution in [1.29, 1.82) is 5.26 Å². The molecule has 10 rings (SSSR count). The predicted octanol–water partition coefficient (Wildman–Crippen LogP) is 20.7. The third kappa shape index (κ3) is 11.3. The Morgan fingerprint density at radius 3 is 1.49 bits per heavy atom. The van der Waals surface area contributed by atoms with E-state index in [0.717, 1.165) is 79.3 Å². The molecule has 5 heteroatoms. The van der Waals surface area contributed by atoms with E-state index in [9.17, 15) is 5.26 Å². The lowest BCUT2D eigenvalue weighted by molar-refractivity contribution is 0.305. The van der Waals surface area contributed by atoms with Crippen LogP contribution in [0.5, 0.6) is 5.75 Å². The average molecular weight is 1020 g/mol. The number of aliphatic imine (C=N–C) groups is 1. The molecule has 0 unspecified atom stereocenters. The Bertz CT molecular complexity index is 3710. The molecule has 0 saturated heterocycles. The van der Waals surface area contributed by atoms with Crippen molar-refractivity contribution in [3.63, 3.8) is 0 Å². The number of anilines is 6. The molecule has 0 bridgehead atoms. The first-order valence-electron chi connectivity index (χ1n) is 27.4. The van der Waals surface area contributed by atoms with Gasteiger partial charge in [-0.3, -0.25) is 4.99 Å². The normalized spacial score (nSPS) is 11.6. The van der Waals surface area contributed by atoms with Gasteiger partial charge in [-0.05, 0) is 162 Å². The van der Waals surface area contributed by atoms with E-state index in [0.29, 0.717) is 17.9 Å². The van der Waals surface area contributed by atoms with Crippen LogP contribution in [0.25, 0.3) is 61.1 Å². The summed E-state index contributed by atoms with van der Waals surface area (Å²) in [5.74, 6) is 0.887. The number of ether oxygens (including phenoxy) is 1. The second-order valence-corrected chi connectivity index (χ2v) is 20.0. The molecule has 0 aromatic heterocycles. The van der Waals surface area contributed by atoms with Crippen LogP contribution in [-0.2, 0) is 0 Å². The second kappa shape index (κ2) is 24.6. The molecule has 0 heterocycles. The largest absolute Gasteiger partial charge is 0.494 e. The predicted molar refractivity (Wildman–Crippen MR) is 333 cm³/mol. The molecule has 5 nitrogen and oxygen atoms in total. The summed E-state index contributed by atoms with van der Waals surface area (Å²) in [6, 6.07) is 79.5. The van der Waals surface area contributed by atoms with E-state index in [1.54, 1.807) is 0 Å². The molecule has 78 heavy (non-hydrogen) atoms. The van der Waals surface area contributed by atoms with Crippen LogP contribution in [0.15, 0.2) is 229 Å². The minimum atomic E-state index is 0.500. The Kier molecular flexibility index (Phi) is 16.5.